The third-order valence-electron chi connectivity index (χ3n) is 3.47. The summed E-state index contributed by atoms with van der Waals surface area (Å²) in [6.07, 6.45) is 1.28. The summed E-state index contributed by atoms with van der Waals surface area (Å²) in [6.45, 7) is 7.11. The molecule has 0 radical (unpaired) electrons. The summed E-state index contributed by atoms with van der Waals surface area (Å²) in [6, 6.07) is 5.83. The number of rotatable bonds is 1. The van der Waals surface area contributed by atoms with Gasteiger partial charge in [0, 0.05) is 18.4 Å². The van der Waals surface area contributed by atoms with Crippen LogP contribution in [0.4, 0.5) is 4.79 Å². The van der Waals surface area contributed by atoms with Crippen LogP contribution < -0.4 is 0 Å². The van der Waals surface area contributed by atoms with Crippen molar-refractivity contribution in [3.05, 3.63) is 30.1 Å². The van der Waals surface area contributed by atoms with E-state index in [4.69, 9.17) is 9.47 Å². The summed E-state index contributed by atoms with van der Waals surface area (Å²) in [4.78, 5) is 21.5. The van der Waals surface area contributed by atoms with Gasteiger partial charge >= 0.3 is 6.09 Å². The molecule has 1 atom stereocenters. The molecule has 2 aromatic heterocycles. The second-order valence-electron chi connectivity index (χ2n) is 6.45. The number of aromatic nitrogens is 2. The zero-order valence-electron chi connectivity index (χ0n) is 13.1. The minimum Gasteiger partial charge on any atom is -0.444 e. The van der Waals surface area contributed by atoms with Crippen molar-refractivity contribution >= 4 is 17.1 Å². The molecule has 1 N–H and O–H groups in total. The Morgan fingerprint density at radius 2 is 2.32 bits per heavy atom. The smallest absolute Gasteiger partial charge is 0.410 e. The van der Waals surface area contributed by atoms with Crippen LogP contribution in [0, 0.1) is 0 Å². The molecule has 0 saturated carbocycles. The van der Waals surface area contributed by atoms with Gasteiger partial charge in [0.2, 0.25) is 0 Å². The summed E-state index contributed by atoms with van der Waals surface area (Å²) in [5.41, 5.74) is 2.31. The Labute approximate surface area is 129 Å². The Bertz CT molecular complexity index is 642. The van der Waals surface area contributed by atoms with E-state index < -0.39 is 5.60 Å². The van der Waals surface area contributed by atoms with Gasteiger partial charge < -0.3 is 19.4 Å². The molecule has 1 fully saturated rings. The van der Waals surface area contributed by atoms with Crippen LogP contribution in [-0.4, -0.2) is 46.3 Å². The van der Waals surface area contributed by atoms with E-state index in [1.165, 1.54) is 0 Å². The number of carbonyl (C=O) groups excluding carboxylic acids is 1. The first-order valence-corrected chi connectivity index (χ1v) is 7.45. The average Bonchev–Trinajstić information content (AvgIpc) is 2.89. The second kappa shape index (κ2) is 5.61. The van der Waals surface area contributed by atoms with E-state index in [1.807, 2.05) is 39.0 Å². The molecular formula is C16H21N3O3. The van der Waals surface area contributed by atoms with E-state index in [2.05, 4.69) is 9.97 Å². The van der Waals surface area contributed by atoms with Crippen molar-refractivity contribution in [3.8, 4) is 0 Å². The molecule has 0 aliphatic carbocycles. The zero-order valence-corrected chi connectivity index (χ0v) is 13.1. The number of hydrogen-bond acceptors (Lipinski definition) is 4. The van der Waals surface area contributed by atoms with Gasteiger partial charge in [0.25, 0.3) is 0 Å². The molecule has 1 amide bonds. The number of fused-ring (bicyclic) bond motifs is 1. The van der Waals surface area contributed by atoms with Crippen LogP contribution in [0.1, 0.15) is 32.6 Å². The van der Waals surface area contributed by atoms with Crippen LogP contribution in [0.25, 0.3) is 11.0 Å². The normalized spacial score (nSPS) is 19.4. The summed E-state index contributed by atoms with van der Waals surface area (Å²) < 4.78 is 11.2. The minimum atomic E-state index is -0.490. The first-order chi connectivity index (χ1) is 10.4. The maximum Gasteiger partial charge on any atom is 0.410 e. The Morgan fingerprint density at radius 3 is 3.05 bits per heavy atom. The summed E-state index contributed by atoms with van der Waals surface area (Å²) >= 11 is 0. The molecule has 6 heteroatoms. The fraction of sp³-hybridized carbons (Fsp3) is 0.500. The fourth-order valence-corrected chi connectivity index (χ4v) is 2.48. The van der Waals surface area contributed by atoms with Gasteiger partial charge in [0.15, 0.2) is 0 Å². The lowest BCUT2D eigenvalue weighted by Crippen LogP contribution is -2.44. The van der Waals surface area contributed by atoms with Crippen molar-refractivity contribution in [2.24, 2.45) is 0 Å². The number of morpholine rings is 1. The van der Waals surface area contributed by atoms with Crippen LogP contribution in [-0.2, 0) is 9.47 Å². The summed E-state index contributed by atoms with van der Waals surface area (Å²) in [5, 5.41) is 0. The van der Waals surface area contributed by atoms with Crippen LogP contribution in [0.15, 0.2) is 24.4 Å². The van der Waals surface area contributed by atoms with Crippen LogP contribution in [0.3, 0.4) is 0 Å². The number of H-pyrrole nitrogens is 1. The molecule has 22 heavy (non-hydrogen) atoms. The van der Waals surface area contributed by atoms with Crippen molar-refractivity contribution in [2.45, 2.75) is 32.5 Å². The van der Waals surface area contributed by atoms with Gasteiger partial charge in [-0.2, -0.15) is 0 Å². The molecule has 1 unspecified atom stereocenters. The topological polar surface area (TPSA) is 67.4 Å². The van der Waals surface area contributed by atoms with Crippen LogP contribution >= 0.6 is 0 Å². The number of amides is 1. The Kier molecular flexibility index (Phi) is 3.78. The molecule has 0 bridgehead atoms. The first kappa shape index (κ1) is 14.8. The average molecular weight is 303 g/mol. The SMILES string of the molecule is CC(C)(C)OC(=O)N1CCOC(c2cc3ncccc3[nH]2)C1. The molecule has 118 valence electrons. The largest absolute Gasteiger partial charge is 0.444 e. The van der Waals surface area contributed by atoms with E-state index >= 15 is 0 Å². The lowest BCUT2D eigenvalue weighted by molar-refractivity contribution is -0.0444. The predicted molar refractivity (Wildman–Crippen MR) is 82.6 cm³/mol. The number of pyridine rings is 1. The van der Waals surface area contributed by atoms with Gasteiger partial charge in [-0.3, -0.25) is 4.98 Å². The molecule has 0 spiro atoms. The van der Waals surface area contributed by atoms with Crippen LogP contribution in [0.2, 0.25) is 0 Å². The molecule has 1 saturated heterocycles. The van der Waals surface area contributed by atoms with Gasteiger partial charge in [-0.25, -0.2) is 4.79 Å². The first-order valence-electron chi connectivity index (χ1n) is 7.45. The molecular weight excluding hydrogens is 282 g/mol. The molecule has 2 aromatic rings. The van der Waals surface area contributed by atoms with E-state index in [9.17, 15) is 4.79 Å². The molecule has 1 aliphatic rings. The number of aromatic amines is 1. The zero-order chi connectivity index (χ0) is 15.7. The number of hydrogen-bond donors (Lipinski definition) is 1. The summed E-state index contributed by atoms with van der Waals surface area (Å²) in [5.74, 6) is 0. The van der Waals surface area contributed by atoms with Crippen molar-refractivity contribution in [1.82, 2.24) is 14.9 Å². The van der Waals surface area contributed by atoms with Crippen LogP contribution in [0.5, 0.6) is 0 Å². The highest BCUT2D eigenvalue weighted by Gasteiger charge is 2.29. The van der Waals surface area contributed by atoms with Crippen molar-refractivity contribution in [3.63, 3.8) is 0 Å². The predicted octanol–water partition coefficient (Wildman–Crippen LogP) is 2.87. The Balaban J connectivity index is 1.74. The number of carbonyl (C=O) groups is 1. The van der Waals surface area contributed by atoms with Gasteiger partial charge in [-0.1, -0.05) is 0 Å². The molecule has 6 nitrogen and oxygen atoms in total. The quantitative estimate of drug-likeness (QED) is 0.879. The highest BCUT2D eigenvalue weighted by molar-refractivity contribution is 5.75. The number of ether oxygens (including phenoxy) is 2. The molecule has 1 aliphatic heterocycles. The monoisotopic (exact) mass is 303 g/mol. The van der Waals surface area contributed by atoms with Gasteiger partial charge in [-0.05, 0) is 39.0 Å². The van der Waals surface area contributed by atoms with Gasteiger partial charge in [0.1, 0.15) is 11.7 Å². The second-order valence-corrected chi connectivity index (χ2v) is 6.45. The molecule has 0 aromatic carbocycles. The maximum atomic E-state index is 12.2. The van der Waals surface area contributed by atoms with E-state index in [0.29, 0.717) is 19.7 Å². The van der Waals surface area contributed by atoms with E-state index in [1.54, 1.807) is 11.1 Å². The highest BCUT2D eigenvalue weighted by Crippen LogP contribution is 2.25. The Morgan fingerprint density at radius 1 is 1.50 bits per heavy atom. The van der Waals surface area contributed by atoms with Crippen molar-refractivity contribution in [1.29, 1.82) is 0 Å². The molecule has 3 rings (SSSR count). The number of nitrogens with one attached hydrogen (secondary N) is 1. The van der Waals surface area contributed by atoms with Gasteiger partial charge in [0.05, 0.1) is 24.2 Å². The maximum absolute atomic E-state index is 12.2. The van der Waals surface area contributed by atoms with Crippen molar-refractivity contribution < 1.29 is 14.3 Å². The van der Waals surface area contributed by atoms with E-state index in [0.717, 1.165) is 16.7 Å². The third kappa shape index (κ3) is 3.22. The summed E-state index contributed by atoms with van der Waals surface area (Å²) in [7, 11) is 0. The van der Waals surface area contributed by atoms with Crippen molar-refractivity contribution in [2.75, 3.05) is 19.7 Å². The Hall–Kier alpha value is -2.08. The lowest BCUT2D eigenvalue weighted by Gasteiger charge is -2.33. The molecule has 3 heterocycles. The number of nitrogens with zero attached hydrogens (tertiary/aromatic N) is 2. The minimum absolute atomic E-state index is 0.185. The van der Waals surface area contributed by atoms with E-state index in [-0.39, 0.29) is 12.2 Å². The fourth-order valence-electron chi connectivity index (χ4n) is 2.48. The lowest BCUT2D eigenvalue weighted by atomic mass is 10.2. The highest BCUT2D eigenvalue weighted by atomic mass is 16.6. The third-order valence-corrected chi connectivity index (χ3v) is 3.47. The standard InChI is InChI=1S/C16H21N3O3/c1-16(2,3)22-15(20)19-7-8-21-14(10-19)13-9-12-11(18-13)5-4-6-17-12/h4-6,9,14,18H,7-8,10H2,1-3H3. The van der Waals surface area contributed by atoms with Gasteiger partial charge in [-0.15, -0.1) is 0 Å².